The average molecular weight is 471 g/mol. The fraction of sp³-hybridized carbons (Fsp3) is 0.615. The summed E-state index contributed by atoms with van der Waals surface area (Å²) in [4.78, 5) is 27.9. The minimum atomic E-state index is -0.836. The zero-order valence-corrected chi connectivity index (χ0v) is 19.6. The van der Waals surface area contributed by atoms with Gasteiger partial charge >= 0.3 is 0 Å². The van der Waals surface area contributed by atoms with Gasteiger partial charge in [0.05, 0.1) is 12.7 Å². The molecule has 0 spiro atoms. The molecule has 184 valence electrons. The Balaban J connectivity index is 1.34. The number of carbonyl (C=O) groups is 2. The third-order valence-electron chi connectivity index (χ3n) is 7.48. The van der Waals surface area contributed by atoms with E-state index in [9.17, 15) is 14.7 Å². The highest BCUT2D eigenvalue weighted by molar-refractivity contribution is 5.97. The SMILES string of the molecule is CN(C(=O)C1=CC2OC(C3CC3)(C3CC3)OC2C(O)C1)C(Cc1ccccc1)C(=O)NCCO. The monoisotopic (exact) mass is 470 g/mol. The van der Waals surface area contributed by atoms with E-state index in [1.54, 1.807) is 13.1 Å². The number of nitrogens with one attached hydrogen (secondary N) is 1. The van der Waals surface area contributed by atoms with E-state index >= 15 is 0 Å². The van der Waals surface area contributed by atoms with Crippen molar-refractivity contribution in [3.8, 4) is 0 Å². The van der Waals surface area contributed by atoms with Crippen molar-refractivity contribution < 1.29 is 29.3 Å². The number of rotatable bonds is 9. The molecule has 4 unspecified atom stereocenters. The molecule has 1 aliphatic heterocycles. The number of likely N-dealkylation sites (N-methyl/N-ethyl adjacent to an activating group) is 1. The van der Waals surface area contributed by atoms with Crippen LogP contribution in [0.3, 0.4) is 0 Å². The second-order valence-corrected chi connectivity index (χ2v) is 10.0. The summed E-state index contributed by atoms with van der Waals surface area (Å²) < 4.78 is 12.8. The van der Waals surface area contributed by atoms with Crippen molar-refractivity contribution in [1.82, 2.24) is 10.2 Å². The highest BCUT2D eigenvalue weighted by Crippen LogP contribution is 2.59. The van der Waals surface area contributed by atoms with E-state index < -0.39 is 30.1 Å². The number of aliphatic hydroxyl groups excluding tert-OH is 2. The van der Waals surface area contributed by atoms with E-state index in [0.29, 0.717) is 23.8 Å². The van der Waals surface area contributed by atoms with Crippen LogP contribution in [0.4, 0.5) is 0 Å². The van der Waals surface area contributed by atoms with Crippen LogP contribution in [0.2, 0.25) is 0 Å². The molecule has 3 N–H and O–H groups in total. The number of hydrogen-bond donors (Lipinski definition) is 3. The Labute approximate surface area is 199 Å². The van der Waals surface area contributed by atoms with Crippen LogP contribution in [-0.2, 0) is 25.5 Å². The number of benzene rings is 1. The molecule has 1 saturated heterocycles. The molecule has 3 aliphatic carbocycles. The van der Waals surface area contributed by atoms with Crippen LogP contribution < -0.4 is 5.32 Å². The third kappa shape index (κ3) is 4.52. The predicted octanol–water partition coefficient (Wildman–Crippen LogP) is 1.16. The Morgan fingerprint density at radius 3 is 2.44 bits per heavy atom. The lowest BCUT2D eigenvalue weighted by Gasteiger charge is -2.32. The van der Waals surface area contributed by atoms with E-state index in [2.05, 4.69) is 5.32 Å². The van der Waals surface area contributed by atoms with E-state index in [1.807, 2.05) is 30.3 Å². The summed E-state index contributed by atoms with van der Waals surface area (Å²) in [5.41, 5.74) is 1.37. The molecule has 1 heterocycles. The van der Waals surface area contributed by atoms with Crippen molar-refractivity contribution >= 4 is 11.8 Å². The summed E-state index contributed by atoms with van der Waals surface area (Å²) in [6.45, 7) is -0.0597. The van der Waals surface area contributed by atoms with Crippen molar-refractivity contribution in [3.05, 3.63) is 47.5 Å². The van der Waals surface area contributed by atoms with Crippen molar-refractivity contribution in [2.24, 2.45) is 11.8 Å². The highest BCUT2D eigenvalue weighted by atomic mass is 16.8. The normalized spacial score (nSPS) is 28.6. The molecule has 0 aromatic heterocycles. The zero-order chi connectivity index (χ0) is 23.9. The Morgan fingerprint density at radius 2 is 1.82 bits per heavy atom. The molecule has 34 heavy (non-hydrogen) atoms. The lowest BCUT2D eigenvalue weighted by atomic mass is 9.91. The van der Waals surface area contributed by atoms with Crippen LogP contribution in [-0.4, -0.2) is 77.3 Å². The molecule has 8 nitrogen and oxygen atoms in total. The van der Waals surface area contributed by atoms with Gasteiger partial charge in [-0.25, -0.2) is 0 Å². The lowest BCUT2D eigenvalue weighted by Crippen LogP contribution is -2.51. The Hall–Kier alpha value is -2.26. The molecule has 5 rings (SSSR count). The van der Waals surface area contributed by atoms with Gasteiger partial charge in [-0.2, -0.15) is 0 Å². The quantitative estimate of drug-likeness (QED) is 0.500. The molecule has 2 saturated carbocycles. The topological polar surface area (TPSA) is 108 Å². The number of amides is 2. The van der Waals surface area contributed by atoms with Gasteiger partial charge in [0, 0.05) is 43.8 Å². The molecule has 0 radical (unpaired) electrons. The fourth-order valence-electron chi connectivity index (χ4n) is 5.38. The molecule has 1 aromatic rings. The first-order chi connectivity index (χ1) is 16.4. The minimum Gasteiger partial charge on any atom is -0.395 e. The maximum absolute atomic E-state index is 13.5. The zero-order valence-electron chi connectivity index (χ0n) is 19.6. The maximum Gasteiger partial charge on any atom is 0.250 e. The summed E-state index contributed by atoms with van der Waals surface area (Å²) in [5, 5.41) is 22.7. The maximum atomic E-state index is 13.5. The Morgan fingerprint density at radius 1 is 1.15 bits per heavy atom. The van der Waals surface area contributed by atoms with Gasteiger partial charge in [-0.3, -0.25) is 9.59 Å². The average Bonchev–Trinajstić information content (AvgIpc) is 3.77. The number of carbonyl (C=O) groups excluding carboxylic acids is 2. The van der Waals surface area contributed by atoms with Crippen LogP contribution >= 0.6 is 0 Å². The fourth-order valence-corrected chi connectivity index (χ4v) is 5.38. The second-order valence-electron chi connectivity index (χ2n) is 10.0. The standard InChI is InChI=1S/C26H34N2O6/c1-28(20(24(31)27-11-12-29)13-16-5-3-2-4-6-16)25(32)17-14-21(30)23-22(15-17)33-26(34-23,18-7-8-18)19-9-10-19/h2-6,15,18-23,29-30H,7-14H2,1H3,(H,27,31). The van der Waals surface area contributed by atoms with Gasteiger partial charge < -0.3 is 29.9 Å². The first-order valence-electron chi connectivity index (χ1n) is 12.4. The van der Waals surface area contributed by atoms with Crippen molar-refractivity contribution in [3.63, 3.8) is 0 Å². The number of nitrogens with zero attached hydrogens (tertiary/aromatic N) is 1. The number of aliphatic hydroxyl groups is 2. The van der Waals surface area contributed by atoms with Crippen molar-refractivity contribution in [1.29, 1.82) is 0 Å². The van der Waals surface area contributed by atoms with E-state index in [4.69, 9.17) is 14.6 Å². The summed E-state index contributed by atoms with van der Waals surface area (Å²) >= 11 is 0. The smallest absolute Gasteiger partial charge is 0.250 e. The molecule has 3 fully saturated rings. The van der Waals surface area contributed by atoms with Gasteiger partial charge in [0.1, 0.15) is 18.2 Å². The van der Waals surface area contributed by atoms with Gasteiger partial charge in [0.2, 0.25) is 11.8 Å². The Bertz CT molecular complexity index is 930. The molecule has 1 aromatic carbocycles. The highest BCUT2D eigenvalue weighted by Gasteiger charge is 2.64. The van der Waals surface area contributed by atoms with Crippen LogP contribution in [0.5, 0.6) is 0 Å². The number of hydrogen-bond acceptors (Lipinski definition) is 6. The summed E-state index contributed by atoms with van der Waals surface area (Å²) in [7, 11) is 1.61. The number of fused-ring (bicyclic) bond motifs is 1. The van der Waals surface area contributed by atoms with Crippen molar-refractivity contribution in [2.75, 3.05) is 20.2 Å². The van der Waals surface area contributed by atoms with Crippen LogP contribution in [0.25, 0.3) is 0 Å². The van der Waals surface area contributed by atoms with Gasteiger partial charge in [-0.15, -0.1) is 0 Å². The molecule has 4 aliphatic rings. The minimum absolute atomic E-state index is 0.118. The summed E-state index contributed by atoms with van der Waals surface area (Å²) in [5.74, 6) is -0.504. The first kappa shape index (κ1) is 23.5. The van der Waals surface area contributed by atoms with Gasteiger partial charge in [0.15, 0.2) is 5.79 Å². The van der Waals surface area contributed by atoms with Crippen molar-refractivity contribution in [2.45, 2.75) is 68.7 Å². The van der Waals surface area contributed by atoms with E-state index in [1.165, 1.54) is 4.90 Å². The van der Waals surface area contributed by atoms with Gasteiger partial charge in [-0.1, -0.05) is 30.3 Å². The largest absolute Gasteiger partial charge is 0.395 e. The molecular weight excluding hydrogens is 436 g/mol. The first-order valence-corrected chi connectivity index (χ1v) is 12.4. The third-order valence-corrected chi connectivity index (χ3v) is 7.48. The van der Waals surface area contributed by atoms with Crippen LogP contribution in [0, 0.1) is 11.8 Å². The Kier molecular flexibility index (Phi) is 6.50. The molecule has 0 bridgehead atoms. The summed E-state index contributed by atoms with van der Waals surface area (Å²) in [6.07, 6.45) is 4.85. The summed E-state index contributed by atoms with van der Waals surface area (Å²) in [6, 6.07) is 8.76. The molecular formula is C26H34N2O6. The van der Waals surface area contributed by atoms with E-state index in [-0.39, 0.29) is 31.4 Å². The lowest BCUT2D eigenvalue weighted by molar-refractivity contribution is -0.209. The predicted molar refractivity (Wildman–Crippen MR) is 123 cm³/mol. The number of ether oxygens (including phenoxy) is 2. The van der Waals surface area contributed by atoms with E-state index in [0.717, 1.165) is 31.2 Å². The molecule has 4 atom stereocenters. The van der Waals surface area contributed by atoms with Crippen LogP contribution in [0.1, 0.15) is 37.7 Å². The molecule has 8 heteroatoms. The van der Waals surface area contributed by atoms with Crippen LogP contribution in [0.15, 0.2) is 42.0 Å². The second kappa shape index (κ2) is 9.41. The van der Waals surface area contributed by atoms with Gasteiger partial charge in [0.25, 0.3) is 0 Å². The van der Waals surface area contributed by atoms with Gasteiger partial charge in [-0.05, 0) is 37.3 Å². The molecule has 2 amide bonds.